The maximum absolute atomic E-state index is 6.03. The fourth-order valence-corrected chi connectivity index (χ4v) is 4.93. The van der Waals surface area contributed by atoms with Gasteiger partial charge in [-0.05, 0) is 75.7 Å². The number of thiazole rings is 1. The van der Waals surface area contributed by atoms with Gasteiger partial charge < -0.3 is 10.6 Å². The van der Waals surface area contributed by atoms with Crippen LogP contribution in [0.2, 0.25) is 5.02 Å². The molecule has 2 N–H and O–H groups in total. The Kier molecular flexibility index (Phi) is 5.63. The summed E-state index contributed by atoms with van der Waals surface area (Å²) in [5.41, 5.74) is 5.20. The second-order valence-electron chi connectivity index (χ2n) is 7.37. The quantitative estimate of drug-likeness (QED) is 0.735. The van der Waals surface area contributed by atoms with E-state index in [4.69, 9.17) is 16.6 Å². The van der Waals surface area contributed by atoms with E-state index in [9.17, 15) is 0 Å². The van der Waals surface area contributed by atoms with Crippen LogP contribution in [0, 0.1) is 12.8 Å². The molecule has 3 nitrogen and oxygen atoms in total. The third-order valence-electron chi connectivity index (χ3n) is 5.39. The lowest BCUT2D eigenvalue weighted by molar-refractivity contribution is 0.373. The molecule has 1 aromatic heterocycles. The molecule has 0 radical (unpaired) electrons. The second-order valence-corrected chi connectivity index (χ2v) is 8.80. The average molecular weight is 388 g/mol. The number of halogens is 1. The normalized spacial score (nSPS) is 19.9. The van der Waals surface area contributed by atoms with Crippen LogP contribution in [0.4, 0.5) is 0 Å². The highest BCUT2D eigenvalue weighted by Gasteiger charge is 2.22. The van der Waals surface area contributed by atoms with Crippen molar-refractivity contribution in [1.29, 1.82) is 0 Å². The summed E-state index contributed by atoms with van der Waals surface area (Å²) in [6, 6.07) is 7.99. The molecule has 1 atom stereocenters. The monoisotopic (exact) mass is 387 g/mol. The Bertz CT molecular complexity index is 782. The first kappa shape index (κ1) is 18.0. The fourth-order valence-electron chi connectivity index (χ4n) is 3.66. The third kappa shape index (κ3) is 3.98. The van der Waals surface area contributed by atoms with Gasteiger partial charge in [0.05, 0.1) is 16.3 Å². The zero-order valence-electron chi connectivity index (χ0n) is 15.3. The molecule has 138 valence electrons. The molecule has 1 saturated heterocycles. The van der Waals surface area contributed by atoms with Crippen molar-refractivity contribution in [3.05, 3.63) is 45.4 Å². The molecule has 0 spiro atoms. The van der Waals surface area contributed by atoms with Crippen molar-refractivity contribution < 1.29 is 0 Å². The van der Waals surface area contributed by atoms with Gasteiger partial charge in [-0.15, -0.1) is 11.3 Å². The molecule has 5 heteroatoms. The van der Waals surface area contributed by atoms with Crippen molar-refractivity contribution in [3.8, 4) is 10.6 Å². The van der Waals surface area contributed by atoms with E-state index in [2.05, 4.69) is 29.7 Å². The number of allylic oxidation sites excluding steroid dienone is 1. The van der Waals surface area contributed by atoms with E-state index in [1.807, 2.05) is 12.1 Å². The summed E-state index contributed by atoms with van der Waals surface area (Å²) >= 11 is 7.83. The van der Waals surface area contributed by atoms with Crippen molar-refractivity contribution in [2.75, 3.05) is 19.6 Å². The van der Waals surface area contributed by atoms with Gasteiger partial charge in [0.1, 0.15) is 5.01 Å². The molecule has 1 aromatic carbocycles. The number of benzene rings is 1. The molecular weight excluding hydrogens is 362 g/mol. The minimum atomic E-state index is 0.725. The molecule has 0 bridgehead atoms. The van der Waals surface area contributed by atoms with E-state index in [1.165, 1.54) is 49.2 Å². The van der Waals surface area contributed by atoms with Gasteiger partial charge in [-0.1, -0.05) is 23.7 Å². The first-order valence-corrected chi connectivity index (χ1v) is 10.8. The van der Waals surface area contributed by atoms with Gasteiger partial charge in [-0.3, -0.25) is 0 Å². The summed E-state index contributed by atoms with van der Waals surface area (Å²) in [5, 5.41) is 9.17. The Morgan fingerprint density at radius 2 is 2.08 bits per heavy atom. The Morgan fingerprint density at radius 3 is 2.73 bits per heavy atom. The Labute approximate surface area is 164 Å². The van der Waals surface area contributed by atoms with Crippen molar-refractivity contribution in [1.82, 2.24) is 15.6 Å². The van der Waals surface area contributed by atoms with E-state index in [1.54, 1.807) is 16.9 Å². The summed E-state index contributed by atoms with van der Waals surface area (Å²) < 4.78 is 0. The largest absolute Gasteiger partial charge is 0.384 e. The van der Waals surface area contributed by atoms with Gasteiger partial charge in [0.2, 0.25) is 0 Å². The summed E-state index contributed by atoms with van der Waals surface area (Å²) in [6.07, 6.45) is 6.37. The molecule has 1 aliphatic heterocycles. The molecule has 2 heterocycles. The molecule has 26 heavy (non-hydrogen) atoms. The molecule has 2 fully saturated rings. The highest BCUT2D eigenvalue weighted by Crippen LogP contribution is 2.38. The number of aromatic nitrogens is 1. The van der Waals surface area contributed by atoms with Crippen molar-refractivity contribution in [2.45, 2.75) is 39.0 Å². The second kappa shape index (κ2) is 8.12. The lowest BCUT2D eigenvalue weighted by Gasteiger charge is -2.27. The number of piperidine rings is 1. The first-order valence-electron chi connectivity index (χ1n) is 9.61. The molecule has 0 amide bonds. The summed E-state index contributed by atoms with van der Waals surface area (Å²) in [4.78, 5) is 6.17. The number of nitrogens with one attached hydrogen (secondary N) is 2. The van der Waals surface area contributed by atoms with E-state index >= 15 is 0 Å². The average Bonchev–Trinajstić information content (AvgIpc) is 3.00. The SMILES string of the molecule is Cc1nc(-c2ccc(Cl)cc2)sc1C(NCC1CCCNC1)=C1CCC1. The van der Waals surface area contributed by atoms with Gasteiger partial charge in [0.25, 0.3) is 0 Å². The summed E-state index contributed by atoms with van der Waals surface area (Å²) in [5.74, 6) is 0.725. The topological polar surface area (TPSA) is 37.0 Å². The van der Waals surface area contributed by atoms with E-state index < -0.39 is 0 Å². The van der Waals surface area contributed by atoms with Gasteiger partial charge >= 0.3 is 0 Å². The summed E-state index contributed by atoms with van der Waals surface area (Å²) in [6.45, 7) is 5.49. The number of nitrogens with zero attached hydrogens (tertiary/aromatic N) is 1. The zero-order valence-corrected chi connectivity index (χ0v) is 16.8. The highest BCUT2D eigenvalue weighted by molar-refractivity contribution is 7.16. The van der Waals surface area contributed by atoms with Crippen molar-refractivity contribution in [2.24, 2.45) is 5.92 Å². The fraction of sp³-hybridized carbons (Fsp3) is 0.476. The number of aryl methyl sites for hydroxylation is 1. The molecular formula is C21H26ClN3S. The van der Waals surface area contributed by atoms with Crippen LogP contribution in [0.25, 0.3) is 16.3 Å². The zero-order chi connectivity index (χ0) is 17.9. The van der Waals surface area contributed by atoms with Gasteiger partial charge in [0.15, 0.2) is 0 Å². The number of rotatable bonds is 5. The molecule has 1 unspecified atom stereocenters. The highest BCUT2D eigenvalue weighted by atomic mass is 35.5. The van der Waals surface area contributed by atoms with Crippen LogP contribution in [0.1, 0.15) is 42.7 Å². The van der Waals surface area contributed by atoms with Crippen LogP contribution in [-0.4, -0.2) is 24.6 Å². The van der Waals surface area contributed by atoms with Crippen LogP contribution in [0.3, 0.4) is 0 Å². The van der Waals surface area contributed by atoms with Crippen LogP contribution in [-0.2, 0) is 0 Å². The Balaban J connectivity index is 1.57. The predicted molar refractivity (Wildman–Crippen MR) is 112 cm³/mol. The van der Waals surface area contributed by atoms with E-state index in [-0.39, 0.29) is 0 Å². The van der Waals surface area contributed by atoms with Crippen molar-refractivity contribution >= 4 is 28.6 Å². The van der Waals surface area contributed by atoms with Gasteiger partial charge in [-0.2, -0.15) is 0 Å². The minimum absolute atomic E-state index is 0.725. The van der Waals surface area contributed by atoms with Crippen LogP contribution in [0.5, 0.6) is 0 Å². The minimum Gasteiger partial charge on any atom is -0.384 e. The standard InChI is InChI=1S/C21H26ClN3S/c1-14-20(26-21(25-14)17-7-9-18(22)10-8-17)19(16-5-2-6-16)24-13-15-4-3-11-23-12-15/h7-10,15,23-24H,2-6,11-13H2,1H3. The first-order chi connectivity index (χ1) is 12.7. The molecule has 4 rings (SSSR count). The maximum atomic E-state index is 6.03. The summed E-state index contributed by atoms with van der Waals surface area (Å²) in [7, 11) is 0. The molecule has 1 saturated carbocycles. The van der Waals surface area contributed by atoms with E-state index in [0.717, 1.165) is 40.3 Å². The van der Waals surface area contributed by atoms with E-state index in [0.29, 0.717) is 0 Å². The van der Waals surface area contributed by atoms with Crippen molar-refractivity contribution in [3.63, 3.8) is 0 Å². The Morgan fingerprint density at radius 1 is 1.27 bits per heavy atom. The van der Waals surface area contributed by atoms with Crippen LogP contribution >= 0.6 is 22.9 Å². The molecule has 2 aliphatic rings. The predicted octanol–water partition coefficient (Wildman–Crippen LogP) is 5.26. The Hall–Kier alpha value is -1.36. The van der Waals surface area contributed by atoms with Gasteiger partial charge in [-0.25, -0.2) is 4.98 Å². The van der Waals surface area contributed by atoms with Gasteiger partial charge in [0, 0.05) is 17.1 Å². The maximum Gasteiger partial charge on any atom is 0.124 e. The number of hydrogen-bond acceptors (Lipinski definition) is 4. The molecule has 2 aromatic rings. The lowest BCUT2D eigenvalue weighted by Crippen LogP contribution is -2.36. The lowest BCUT2D eigenvalue weighted by atomic mass is 9.89. The van der Waals surface area contributed by atoms with Crippen LogP contribution in [0.15, 0.2) is 29.8 Å². The number of hydrogen-bond donors (Lipinski definition) is 2. The molecule has 1 aliphatic carbocycles. The smallest absolute Gasteiger partial charge is 0.124 e. The van der Waals surface area contributed by atoms with Crippen LogP contribution < -0.4 is 10.6 Å². The third-order valence-corrected chi connectivity index (χ3v) is 6.87.